The van der Waals surface area contributed by atoms with Crippen LogP contribution in [0, 0.1) is 0 Å². The molecule has 0 aliphatic carbocycles. The molecule has 0 spiro atoms. The number of allylic oxidation sites excluding steroid dienone is 3. The highest BCUT2D eigenvalue weighted by Gasteiger charge is 2.11. The van der Waals surface area contributed by atoms with Crippen molar-refractivity contribution < 1.29 is 14.3 Å². The van der Waals surface area contributed by atoms with E-state index in [0.717, 1.165) is 5.70 Å². The van der Waals surface area contributed by atoms with Gasteiger partial charge in [0.1, 0.15) is 6.61 Å². The van der Waals surface area contributed by atoms with Crippen molar-refractivity contribution >= 4 is 5.91 Å². The number of methoxy groups -OCH3 is 1. The van der Waals surface area contributed by atoms with Gasteiger partial charge in [0.2, 0.25) is 0 Å². The number of likely N-dealkylation sites (N-methyl/N-ethyl adjacent to an activating group) is 1. The van der Waals surface area contributed by atoms with Crippen molar-refractivity contribution in [2.24, 2.45) is 0 Å². The molecule has 1 aliphatic heterocycles. The molecule has 0 saturated heterocycles. The molecule has 0 radical (unpaired) electrons. The van der Waals surface area contributed by atoms with Crippen LogP contribution in [-0.4, -0.2) is 44.8 Å². The highest BCUT2D eigenvalue weighted by molar-refractivity contribution is 5.79. The molecular formula is C12H18N2O3. The second-order valence-electron chi connectivity index (χ2n) is 3.45. The summed E-state index contributed by atoms with van der Waals surface area (Å²) in [5.74, 6) is -0.0966. The lowest BCUT2D eigenvalue weighted by molar-refractivity contribution is -0.133. The van der Waals surface area contributed by atoms with Gasteiger partial charge in [-0.05, 0) is 12.2 Å². The lowest BCUT2D eigenvalue weighted by Crippen LogP contribution is -2.30. The van der Waals surface area contributed by atoms with Gasteiger partial charge in [0.15, 0.2) is 0 Å². The van der Waals surface area contributed by atoms with Crippen LogP contribution in [0.4, 0.5) is 0 Å². The first-order valence-corrected chi connectivity index (χ1v) is 5.38. The van der Waals surface area contributed by atoms with Crippen molar-refractivity contribution in [3.63, 3.8) is 0 Å². The summed E-state index contributed by atoms with van der Waals surface area (Å²) >= 11 is 0. The predicted octanol–water partition coefficient (Wildman–Crippen LogP) is 0.622. The smallest absolute Gasteiger partial charge is 0.252 e. The number of carbonyl (C=O) groups is 1. The molecule has 0 aromatic carbocycles. The third kappa shape index (κ3) is 4.84. The van der Waals surface area contributed by atoms with Gasteiger partial charge in [-0.3, -0.25) is 4.79 Å². The highest BCUT2D eigenvalue weighted by Crippen LogP contribution is 2.05. The average Bonchev–Trinajstić information content (AvgIpc) is 2.62. The summed E-state index contributed by atoms with van der Waals surface area (Å²) in [6.45, 7) is 0.967. The maximum absolute atomic E-state index is 11.8. The Balaban J connectivity index is 2.38. The Morgan fingerprint density at radius 3 is 3.00 bits per heavy atom. The average molecular weight is 238 g/mol. The SMILES string of the molecule is COCCOCC(=O)N(C)C1=CNC=CC=C1. The predicted molar refractivity (Wildman–Crippen MR) is 65.0 cm³/mol. The van der Waals surface area contributed by atoms with Crippen LogP contribution in [-0.2, 0) is 14.3 Å². The Morgan fingerprint density at radius 2 is 2.24 bits per heavy atom. The molecule has 0 fully saturated rings. The van der Waals surface area contributed by atoms with Gasteiger partial charge in [-0.1, -0.05) is 6.08 Å². The zero-order valence-corrected chi connectivity index (χ0v) is 10.2. The lowest BCUT2D eigenvalue weighted by atomic mass is 10.3. The molecule has 1 heterocycles. The van der Waals surface area contributed by atoms with Crippen molar-refractivity contribution in [3.8, 4) is 0 Å². The van der Waals surface area contributed by atoms with Gasteiger partial charge in [0.25, 0.3) is 5.91 Å². The largest absolute Gasteiger partial charge is 0.382 e. The molecule has 1 aliphatic rings. The molecule has 0 bridgehead atoms. The minimum Gasteiger partial charge on any atom is -0.382 e. The lowest BCUT2D eigenvalue weighted by Gasteiger charge is -2.18. The Labute approximate surface area is 101 Å². The van der Waals surface area contributed by atoms with Gasteiger partial charge in [0.05, 0.1) is 18.9 Å². The summed E-state index contributed by atoms with van der Waals surface area (Å²) in [5, 5.41) is 2.95. The fraction of sp³-hybridized carbons (Fsp3) is 0.417. The van der Waals surface area contributed by atoms with Gasteiger partial charge in [-0.25, -0.2) is 0 Å². The van der Waals surface area contributed by atoms with Crippen molar-refractivity contribution in [1.29, 1.82) is 0 Å². The molecule has 5 heteroatoms. The number of nitrogens with one attached hydrogen (secondary N) is 1. The molecule has 1 amide bonds. The Morgan fingerprint density at radius 1 is 1.41 bits per heavy atom. The fourth-order valence-electron chi connectivity index (χ4n) is 1.20. The Kier molecular flexibility index (Phi) is 6.06. The van der Waals surface area contributed by atoms with Crippen LogP contribution in [0.3, 0.4) is 0 Å². The Hall–Kier alpha value is -1.59. The zero-order valence-electron chi connectivity index (χ0n) is 10.2. The van der Waals surface area contributed by atoms with E-state index in [-0.39, 0.29) is 12.5 Å². The van der Waals surface area contributed by atoms with Gasteiger partial charge in [0, 0.05) is 26.6 Å². The van der Waals surface area contributed by atoms with E-state index in [1.165, 1.54) is 0 Å². The van der Waals surface area contributed by atoms with Crippen LogP contribution >= 0.6 is 0 Å². The van der Waals surface area contributed by atoms with Gasteiger partial charge < -0.3 is 19.7 Å². The number of ether oxygens (including phenoxy) is 2. The summed E-state index contributed by atoms with van der Waals surface area (Å²) in [6, 6.07) is 0. The molecule has 5 nitrogen and oxygen atoms in total. The van der Waals surface area contributed by atoms with Crippen LogP contribution in [0.1, 0.15) is 0 Å². The van der Waals surface area contributed by atoms with E-state index >= 15 is 0 Å². The topological polar surface area (TPSA) is 50.8 Å². The maximum atomic E-state index is 11.8. The molecule has 0 unspecified atom stereocenters. The molecule has 1 N–H and O–H groups in total. The monoisotopic (exact) mass is 238 g/mol. The van der Waals surface area contributed by atoms with Crippen LogP contribution in [0.5, 0.6) is 0 Å². The minimum atomic E-state index is -0.0966. The summed E-state index contributed by atoms with van der Waals surface area (Å²) in [6.07, 6.45) is 9.12. The third-order valence-electron chi connectivity index (χ3n) is 2.22. The van der Waals surface area contributed by atoms with Gasteiger partial charge >= 0.3 is 0 Å². The third-order valence-corrected chi connectivity index (χ3v) is 2.22. The molecular weight excluding hydrogens is 220 g/mol. The van der Waals surface area contributed by atoms with E-state index in [2.05, 4.69) is 5.32 Å². The van der Waals surface area contributed by atoms with Crippen LogP contribution in [0.25, 0.3) is 0 Å². The summed E-state index contributed by atoms with van der Waals surface area (Å²) in [4.78, 5) is 13.3. The summed E-state index contributed by atoms with van der Waals surface area (Å²) in [5.41, 5.74) is 0.787. The van der Waals surface area contributed by atoms with E-state index in [0.29, 0.717) is 13.2 Å². The van der Waals surface area contributed by atoms with Crippen LogP contribution in [0.2, 0.25) is 0 Å². The zero-order chi connectivity index (χ0) is 12.5. The number of rotatable bonds is 6. The molecule has 0 saturated carbocycles. The first kappa shape index (κ1) is 13.5. The second kappa shape index (κ2) is 7.65. The second-order valence-corrected chi connectivity index (χ2v) is 3.45. The normalized spacial score (nSPS) is 13.9. The molecule has 17 heavy (non-hydrogen) atoms. The van der Waals surface area contributed by atoms with Crippen LogP contribution in [0.15, 0.2) is 36.3 Å². The van der Waals surface area contributed by atoms with Crippen molar-refractivity contribution in [2.45, 2.75) is 0 Å². The van der Waals surface area contributed by atoms with E-state index in [1.54, 1.807) is 31.5 Å². The van der Waals surface area contributed by atoms with E-state index < -0.39 is 0 Å². The molecule has 1 rings (SSSR count). The molecule has 0 atom stereocenters. The molecule has 94 valence electrons. The number of nitrogens with zero attached hydrogens (tertiary/aromatic N) is 1. The number of carbonyl (C=O) groups excluding carboxylic acids is 1. The highest BCUT2D eigenvalue weighted by atomic mass is 16.5. The van der Waals surface area contributed by atoms with Crippen LogP contribution < -0.4 is 5.32 Å². The van der Waals surface area contributed by atoms with E-state index in [9.17, 15) is 4.79 Å². The first-order chi connectivity index (χ1) is 8.25. The van der Waals surface area contributed by atoms with Crippen molar-refractivity contribution in [1.82, 2.24) is 10.2 Å². The Bertz CT molecular complexity index is 335. The van der Waals surface area contributed by atoms with Crippen molar-refractivity contribution in [3.05, 3.63) is 36.3 Å². The molecule has 0 aromatic heterocycles. The number of hydrogen-bond donors (Lipinski definition) is 1. The first-order valence-electron chi connectivity index (χ1n) is 5.38. The minimum absolute atomic E-state index is 0.0540. The van der Waals surface area contributed by atoms with Gasteiger partial charge in [-0.2, -0.15) is 0 Å². The number of hydrogen-bond acceptors (Lipinski definition) is 4. The maximum Gasteiger partial charge on any atom is 0.252 e. The van der Waals surface area contributed by atoms with E-state index in [4.69, 9.17) is 9.47 Å². The number of amides is 1. The molecule has 0 aromatic rings. The van der Waals surface area contributed by atoms with Crippen molar-refractivity contribution in [2.75, 3.05) is 34.0 Å². The fourth-order valence-corrected chi connectivity index (χ4v) is 1.20. The summed E-state index contributed by atoms with van der Waals surface area (Å²) in [7, 11) is 3.31. The van der Waals surface area contributed by atoms with E-state index in [1.807, 2.05) is 18.2 Å². The van der Waals surface area contributed by atoms with Gasteiger partial charge in [-0.15, -0.1) is 0 Å². The standard InChI is InChI=1S/C12H18N2O3/c1-14(11-5-3-4-6-13-9-11)12(15)10-17-8-7-16-2/h3-6,9,13H,7-8,10H2,1-2H3. The summed E-state index contributed by atoms with van der Waals surface area (Å²) < 4.78 is 10.0. The quantitative estimate of drug-likeness (QED) is 0.689.